The van der Waals surface area contributed by atoms with Crippen LogP contribution in [0.3, 0.4) is 0 Å². The van der Waals surface area contributed by atoms with Crippen molar-refractivity contribution in [2.24, 2.45) is 0 Å². The van der Waals surface area contributed by atoms with Gasteiger partial charge in [0, 0.05) is 32.2 Å². The third-order valence-corrected chi connectivity index (χ3v) is 3.33. The van der Waals surface area contributed by atoms with Gasteiger partial charge in [0.15, 0.2) is 11.0 Å². The highest BCUT2D eigenvalue weighted by molar-refractivity contribution is 6.29. The lowest BCUT2D eigenvalue weighted by Crippen LogP contribution is -2.50. The molecule has 0 radical (unpaired) electrons. The van der Waals surface area contributed by atoms with E-state index in [0.717, 1.165) is 32.0 Å². The standard InChI is InChI=1S/C13H20ClN5O.ClH/c1-10(2)15-13(20)9-18-5-7-19(8-6-18)12-4-3-11(14)16-17-12;/h3-4,10H,5-9H2,1-2H3,(H,15,20);1H. The molecule has 0 aromatic carbocycles. The van der Waals surface area contributed by atoms with Crippen LogP contribution >= 0.6 is 24.0 Å². The van der Waals surface area contributed by atoms with Crippen molar-refractivity contribution in [2.75, 3.05) is 37.6 Å². The zero-order valence-corrected chi connectivity index (χ0v) is 13.8. The number of halogens is 2. The quantitative estimate of drug-likeness (QED) is 0.897. The molecule has 0 atom stereocenters. The number of amides is 1. The van der Waals surface area contributed by atoms with Crippen LogP contribution in [0, 0.1) is 0 Å². The predicted octanol–water partition coefficient (Wildman–Crippen LogP) is 1.20. The number of nitrogens with zero attached hydrogens (tertiary/aromatic N) is 4. The van der Waals surface area contributed by atoms with E-state index in [1.807, 2.05) is 19.9 Å². The van der Waals surface area contributed by atoms with Crippen LogP contribution in [0.15, 0.2) is 12.1 Å². The van der Waals surface area contributed by atoms with Crippen LogP contribution in [0.4, 0.5) is 5.82 Å². The summed E-state index contributed by atoms with van der Waals surface area (Å²) in [6, 6.07) is 3.80. The molecule has 1 fully saturated rings. The van der Waals surface area contributed by atoms with E-state index in [1.165, 1.54) is 0 Å². The summed E-state index contributed by atoms with van der Waals surface area (Å²) in [6.07, 6.45) is 0. The Hall–Kier alpha value is -1.11. The maximum Gasteiger partial charge on any atom is 0.234 e. The normalized spacial score (nSPS) is 15.7. The second-order valence-electron chi connectivity index (χ2n) is 5.20. The topological polar surface area (TPSA) is 61.4 Å². The summed E-state index contributed by atoms with van der Waals surface area (Å²) in [5.41, 5.74) is 0. The fraction of sp³-hybridized carbons (Fsp3) is 0.615. The zero-order chi connectivity index (χ0) is 14.5. The number of piperazine rings is 1. The summed E-state index contributed by atoms with van der Waals surface area (Å²) < 4.78 is 0. The van der Waals surface area contributed by atoms with Crippen LogP contribution in [0.25, 0.3) is 0 Å². The molecule has 2 heterocycles. The third-order valence-electron chi connectivity index (χ3n) is 3.13. The SMILES string of the molecule is CC(C)NC(=O)CN1CCN(c2ccc(Cl)nn2)CC1.Cl. The van der Waals surface area contributed by atoms with E-state index in [-0.39, 0.29) is 24.4 Å². The van der Waals surface area contributed by atoms with Gasteiger partial charge in [-0.3, -0.25) is 9.69 Å². The van der Waals surface area contributed by atoms with Gasteiger partial charge >= 0.3 is 0 Å². The van der Waals surface area contributed by atoms with Gasteiger partial charge in [-0.15, -0.1) is 22.6 Å². The molecule has 21 heavy (non-hydrogen) atoms. The van der Waals surface area contributed by atoms with E-state index in [0.29, 0.717) is 11.7 Å². The molecule has 1 aromatic heterocycles. The number of hydrogen-bond acceptors (Lipinski definition) is 5. The number of anilines is 1. The van der Waals surface area contributed by atoms with Gasteiger partial charge in [0.1, 0.15) is 0 Å². The summed E-state index contributed by atoms with van der Waals surface area (Å²) in [5, 5.41) is 11.2. The van der Waals surface area contributed by atoms with Crippen molar-refractivity contribution in [3.63, 3.8) is 0 Å². The van der Waals surface area contributed by atoms with Gasteiger partial charge in [0.25, 0.3) is 0 Å². The minimum absolute atomic E-state index is 0. The Morgan fingerprint density at radius 2 is 1.95 bits per heavy atom. The van der Waals surface area contributed by atoms with Crippen molar-refractivity contribution in [2.45, 2.75) is 19.9 Å². The van der Waals surface area contributed by atoms with Gasteiger partial charge < -0.3 is 10.2 Å². The van der Waals surface area contributed by atoms with E-state index in [4.69, 9.17) is 11.6 Å². The highest BCUT2D eigenvalue weighted by atomic mass is 35.5. The Labute approximate surface area is 136 Å². The largest absolute Gasteiger partial charge is 0.353 e. The summed E-state index contributed by atoms with van der Waals surface area (Å²) >= 11 is 5.73. The molecule has 1 N–H and O–H groups in total. The first-order chi connectivity index (χ1) is 9.54. The van der Waals surface area contributed by atoms with Crippen molar-refractivity contribution >= 4 is 35.7 Å². The maximum absolute atomic E-state index is 11.7. The maximum atomic E-state index is 11.7. The van der Waals surface area contributed by atoms with E-state index < -0.39 is 0 Å². The zero-order valence-electron chi connectivity index (χ0n) is 12.3. The highest BCUT2D eigenvalue weighted by Crippen LogP contribution is 2.14. The molecule has 0 saturated carbocycles. The first-order valence-corrected chi connectivity index (χ1v) is 7.18. The van der Waals surface area contributed by atoms with Crippen LogP contribution in [-0.2, 0) is 4.79 Å². The van der Waals surface area contributed by atoms with Crippen molar-refractivity contribution < 1.29 is 4.79 Å². The van der Waals surface area contributed by atoms with E-state index in [1.54, 1.807) is 6.07 Å². The molecule has 1 aliphatic heterocycles. The van der Waals surface area contributed by atoms with Crippen LogP contribution in [-0.4, -0.2) is 59.8 Å². The lowest BCUT2D eigenvalue weighted by Gasteiger charge is -2.34. The molecule has 1 amide bonds. The van der Waals surface area contributed by atoms with Crippen LogP contribution in [0.2, 0.25) is 5.15 Å². The summed E-state index contributed by atoms with van der Waals surface area (Å²) in [6.45, 7) is 7.75. The van der Waals surface area contributed by atoms with Crippen LogP contribution in [0.5, 0.6) is 0 Å². The molecule has 1 saturated heterocycles. The summed E-state index contributed by atoms with van der Waals surface area (Å²) in [5.74, 6) is 0.917. The monoisotopic (exact) mass is 333 g/mol. The molecule has 0 aliphatic carbocycles. The number of rotatable bonds is 4. The van der Waals surface area contributed by atoms with Gasteiger partial charge in [-0.05, 0) is 26.0 Å². The summed E-state index contributed by atoms with van der Waals surface area (Å²) in [7, 11) is 0. The van der Waals surface area contributed by atoms with Gasteiger partial charge in [-0.1, -0.05) is 11.6 Å². The Morgan fingerprint density at radius 3 is 2.48 bits per heavy atom. The van der Waals surface area contributed by atoms with Gasteiger partial charge in [-0.25, -0.2) is 0 Å². The molecule has 2 rings (SSSR count). The smallest absolute Gasteiger partial charge is 0.234 e. The Kier molecular flexibility index (Phi) is 7.14. The minimum Gasteiger partial charge on any atom is -0.353 e. The molecular weight excluding hydrogens is 313 g/mol. The second-order valence-corrected chi connectivity index (χ2v) is 5.59. The molecule has 8 heteroatoms. The molecule has 0 bridgehead atoms. The molecule has 1 aromatic rings. The minimum atomic E-state index is 0. The highest BCUT2D eigenvalue weighted by Gasteiger charge is 2.20. The van der Waals surface area contributed by atoms with Crippen molar-refractivity contribution in [1.82, 2.24) is 20.4 Å². The van der Waals surface area contributed by atoms with Crippen molar-refractivity contribution in [1.29, 1.82) is 0 Å². The van der Waals surface area contributed by atoms with Gasteiger partial charge in [0.2, 0.25) is 5.91 Å². The van der Waals surface area contributed by atoms with Crippen molar-refractivity contribution in [3.8, 4) is 0 Å². The fourth-order valence-electron chi connectivity index (χ4n) is 2.18. The Bertz CT molecular complexity index is 446. The van der Waals surface area contributed by atoms with Crippen molar-refractivity contribution in [3.05, 3.63) is 17.3 Å². The molecule has 0 spiro atoms. The Balaban J connectivity index is 0.00000220. The fourth-order valence-corrected chi connectivity index (χ4v) is 2.28. The lowest BCUT2D eigenvalue weighted by molar-refractivity contribution is -0.122. The number of nitrogens with one attached hydrogen (secondary N) is 1. The third kappa shape index (κ3) is 5.65. The number of hydrogen-bond donors (Lipinski definition) is 1. The molecule has 1 aliphatic rings. The van der Waals surface area contributed by atoms with Crippen LogP contribution < -0.4 is 10.2 Å². The first-order valence-electron chi connectivity index (χ1n) is 6.80. The summed E-state index contributed by atoms with van der Waals surface area (Å²) in [4.78, 5) is 16.0. The predicted molar refractivity (Wildman–Crippen MR) is 86.2 cm³/mol. The molecule has 118 valence electrons. The molecular formula is C13H21Cl2N5O. The lowest BCUT2D eigenvalue weighted by atomic mass is 10.3. The van der Waals surface area contributed by atoms with E-state index >= 15 is 0 Å². The number of carbonyl (C=O) groups excluding carboxylic acids is 1. The average molecular weight is 334 g/mol. The first kappa shape index (κ1) is 17.9. The Morgan fingerprint density at radius 1 is 1.29 bits per heavy atom. The second kappa shape index (κ2) is 8.36. The van der Waals surface area contributed by atoms with Gasteiger partial charge in [-0.2, -0.15) is 0 Å². The van der Waals surface area contributed by atoms with E-state index in [9.17, 15) is 4.79 Å². The number of aromatic nitrogens is 2. The van der Waals surface area contributed by atoms with E-state index in [2.05, 4.69) is 25.3 Å². The van der Waals surface area contributed by atoms with Crippen LogP contribution in [0.1, 0.15) is 13.8 Å². The average Bonchev–Trinajstić information content (AvgIpc) is 2.39. The molecule has 6 nitrogen and oxygen atoms in total. The molecule has 0 unspecified atom stereocenters. The van der Waals surface area contributed by atoms with Gasteiger partial charge in [0.05, 0.1) is 6.54 Å². The number of carbonyl (C=O) groups is 1.